The average molecular weight is 368 g/mol. The van der Waals surface area contributed by atoms with Gasteiger partial charge in [0.15, 0.2) is 0 Å². The monoisotopic (exact) mass is 368 g/mol. The molecule has 0 bridgehead atoms. The van der Waals surface area contributed by atoms with Crippen molar-refractivity contribution in [2.75, 3.05) is 0 Å². The second kappa shape index (κ2) is 17.6. The van der Waals surface area contributed by atoms with Crippen LogP contribution in [0.4, 0.5) is 0 Å². The predicted molar refractivity (Wildman–Crippen MR) is 112 cm³/mol. The maximum atomic E-state index is 3.49. The molecule has 132 valence electrons. The largest absolute Gasteiger partial charge is 4.00 e. The van der Waals surface area contributed by atoms with Crippen LogP contribution < -0.4 is 0 Å². The van der Waals surface area contributed by atoms with Crippen molar-refractivity contribution >= 4 is 10.8 Å². The zero-order chi connectivity index (χ0) is 18.2. The van der Waals surface area contributed by atoms with Crippen molar-refractivity contribution in [2.24, 2.45) is 0 Å². The average Bonchev–Trinajstić information content (AvgIpc) is 3.02. The molecule has 1 heteroatoms. The van der Waals surface area contributed by atoms with Crippen molar-refractivity contribution in [1.29, 1.82) is 0 Å². The minimum Gasteiger partial charge on any atom is -0.344 e. The van der Waals surface area contributed by atoms with E-state index < -0.39 is 0 Å². The molecule has 0 fully saturated rings. The minimum atomic E-state index is 0. The molecule has 0 heterocycles. The summed E-state index contributed by atoms with van der Waals surface area (Å²) >= 11 is 0. The van der Waals surface area contributed by atoms with Crippen LogP contribution >= 0.6 is 0 Å². The summed E-state index contributed by atoms with van der Waals surface area (Å²) in [6.07, 6.45) is 3.00. The van der Waals surface area contributed by atoms with Gasteiger partial charge >= 0.3 is 21.7 Å². The second-order valence-corrected chi connectivity index (χ2v) is 5.24. The van der Waals surface area contributed by atoms with E-state index in [9.17, 15) is 0 Å². The fourth-order valence-electron chi connectivity index (χ4n) is 1.95. The molecule has 3 aromatic rings. The summed E-state index contributed by atoms with van der Waals surface area (Å²) in [6.45, 7) is 16.5. The van der Waals surface area contributed by atoms with Gasteiger partial charge in [-0.3, -0.25) is 0 Å². The second-order valence-electron chi connectivity index (χ2n) is 5.24. The number of benzene rings is 2. The van der Waals surface area contributed by atoms with Crippen molar-refractivity contribution in [3.8, 4) is 11.1 Å². The Morgan fingerprint density at radius 1 is 0.720 bits per heavy atom. The molecular weight excluding hydrogens is 336 g/mol. The normalized spacial score (nSPS) is 8.56. The maximum Gasteiger partial charge on any atom is 4.00 e. The SMILES string of the molecule is [CH2-]CC.[CH2-]CC.[CH2-]CC.[Ti+4].c1ccc(-c2cc3ccccc3[cH-]2)cc1. The molecule has 0 amide bonds. The van der Waals surface area contributed by atoms with Gasteiger partial charge in [0.05, 0.1) is 0 Å². The molecule has 3 rings (SSSR count). The molecule has 0 radical (unpaired) electrons. The van der Waals surface area contributed by atoms with Crippen LogP contribution in [0.2, 0.25) is 0 Å². The Morgan fingerprint density at radius 2 is 1.16 bits per heavy atom. The van der Waals surface area contributed by atoms with Gasteiger partial charge in [-0.25, -0.2) is 0 Å². The summed E-state index contributed by atoms with van der Waals surface area (Å²) in [7, 11) is 0. The molecule has 0 aromatic heterocycles. The Morgan fingerprint density at radius 3 is 1.64 bits per heavy atom. The van der Waals surface area contributed by atoms with E-state index in [1.54, 1.807) is 0 Å². The first kappa shape index (κ1) is 26.0. The van der Waals surface area contributed by atoms with Crippen molar-refractivity contribution in [1.82, 2.24) is 0 Å². The third-order valence-corrected chi connectivity index (χ3v) is 2.73. The summed E-state index contributed by atoms with van der Waals surface area (Å²) in [5, 5.41) is 2.63. The molecule has 0 N–H and O–H groups in total. The molecule has 0 saturated heterocycles. The Kier molecular flexibility index (Phi) is 18.3. The van der Waals surface area contributed by atoms with Gasteiger partial charge < -0.3 is 20.8 Å². The summed E-state index contributed by atoms with van der Waals surface area (Å²) in [5.74, 6) is 0. The van der Waals surface area contributed by atoms with Crippen LogP contribution in [0.15, 0.2) is 66.7 Å². The molecule has 0 aliphatic heterocycles. The zero-order valence-electron chi connectivity index (χ0n) is 16.1. The Labute approximate surface area is 170 Å². The third kappa shape index (κ3) is 11.1. The summed E-state index contributed by atoms with van der Waals surface area (Å²) in [4.78, 5) is 0. The first-order valence-corrected chi connectivity index (χ1v) is 8.76. The number of hydrogen-bond donors (Lipinski definition) is 0. The first-order chi connectivity index (χ1) is 11.7. The molecule has 0 aliphatic carbocycles. The predicted octanol–water partition coefficient (Wildman–Crippen LogP) is 7.91. The first-order valence-electron chi connectivity index (χ1n) is 8.76. The molecular formula is C24H32Ti. The molecule has 25 heavy (non-hydrogen) atoms. The van der Waals surface area contributed by atoms with Crippen LogP contribution in [0, 0.1) is 20.8 Å². The Hall–Kier alpha value is -1.24. The van der Waals surface area contributed by atoms with Gasteiger partial charge in [-0.1, -0.05) is 74.9 Å². The van der Waals surface area contributed by atoms with E-state index >= 15 is 0 Å². The van der Waals surface area contributed by atoms with Gasteiger partial charge in [-0.15, -0.1) is 34.5 Å². The summed E-state index contributed by atoms with van der Waals surface area (Å²) < 4.78 is 0. The van der Waals surface area contributed by atoms with E-state index in [4.69, 9.17) is 0 Å². The van der Waals surface area contributed by atoms with Crippen molar-refractivity contribution < 1.29 is 21.7 Å². The molecule has 0 saturated carbocycles. The van der Waals surface area contributed by atoms with Gasteiger partial charge in [-0.05, 0) is 0 Å². The van der Waals surface area contributed by atoms with E-state index in [1.807, 2.05) is 26.8 Å². The summed E-state index contributed by atoms with van der Waals surface area (Å²) in [5.41, 5.74) is 2.59. The molecule has 0 nitrogen and oxygen atoms in total. The van der Waals surface area contributed by atoms with E-state index in [2.05, 4.69) is 81.4 Å². The smallest absolute Gasteiger partial charge is 0.344 e. The van der Waals surface area contributed by atoms with E-state index in [0.29, 0.717) is 0 Å². The quantitative estimate of drug-likeness (QED) is 0.302. The standard InChI is InChI=1S/C15H11.3C3H7.Ti/c1-2-6-12(7-3-1)15-10-13-8-4-5-9-14(13)11-15;3*1-3-2;/h1-11H;3*1,3H2,2H3;/q4*-1;+4. The minimum absolute atomic E-state index is 0. The molecule has 0 atom stereocenters. The van der Waals surface area contributed by atoms with E-state index in [1.165, 1.54) is 21.9 Å². The maximum absolute atomic E-state index is 3.49. The Balaban J connectivity index is 0. The fourth-order valence-corrected chi connectivity index (χ4v) is 1.95. The van der Waals surface area contributed by atoms with Gasteiger partial charge in [0.1, 0.15) is 0 Å². The Bertz CT molecular complexity index is 585. The number of fused-ring (bicyclic) bond motifs is 1. The van der Waals surface area contributed by atoms with Crippen LogP contribution in [0.3, 0.4) is 0 Å². The molecule has 0 aliphatic rings. The van der Waals surface area contributed by atoms with E-state index in [0.717, 1.165) is 19.3 Å². The molecule has 0 spiro atoms. The third-order valence-electron chi connectivity index (χ3n) is 2.73. The van der Waals surface area contributed by atoms with Crippen LogP contribution in [-0.4, -0.2) is 0 Å². The van der Waals surface area contributed by atoms with Gasteiger partial charge in [0.2, 0.25) is 0 Å². The van der Waals surface area contributed by atoms with Crippen molar-refractivity contribution in [3.05, 3.63) is 87.5 Å². The van der Waals surface area contributed by atoms with Crippen LogP contribution in [0.1, 0.15) is 40.0 Å². The van der Waals surface area contributed by atoms with Crippen molar-refractivity contribution in [3.63, 3.8) is 0 Å². The number of hydrogen-bond acceptors (Lipinski definition) is 0. The molecule has 0 unspecified atom stereocenters. The van der Waals surface area contributed by atoms with E-state index in [-0.39, 0.29) is 21.7 Å². The number of rotatable bonds is 1. The van der Waals surface area contributed by atoms with Gasteiger partial charge in [0.25, 0.3) is 0 Å². The topological polar surface area (TPSA) is 0 Å². The fraction of sp³-hybridized carbons (Fsp3) is 0.250. The van der Waals surface area contributed by atoms with Crippen LogP contribution in [-0.2, 0) is 21.7 Å². The van der Waals surface area contributed by atoms with Crippen molar-refractivity contribution in [2.45, 2.75) is 40.0 Å². The summed E-state index contributed by atoms with van der Waals surface area (Å²) in [6, 6.07) is 23.4. The van der Waals surface area contributed by atoms with Crippen LogP contribution in [0.25, 0.3) is 21.9 Å². The van der Waals surface area contributed by atoms with Gasteiger partial charge in [-0.2, -0.15) is 19.3 Å². The zero-order valence-corrected chi connectivity index (χ0v) is 17.7. The van der Waals surface area contributed by atoms with Gasteiger partial charge in [0, 0.05) is 0 Å². The molecule has 3 aromatic carbocycles. The van der Waals surface area contributed by atoms with Crippen LogP contribution in [0.5, 0.6) is 0 Å².